The van der Waals surface area contributed by atoms with Gasteiger partial charge in [-0.25, -0.2) is 0 Å². The maximum absolute atomic E-state index is 2.40. The summed E-state index contributed by atoms with van der Waals surface area (Å²) in [6.45, 7) is 11.2. The Kier molecular flexibility index (Phi) is 10.5. The van der Waals surface area contributed by atoms with Crippen molar-refractivity contribution in [3.8, 4) is 0 Å². The second-order valence-corrected chi connectivity index (χ2v) is 8.78. The number of rotatable bonds is 1. The second-order valence-electron chi connectivity index (χ2n) is 7.78. The van der Waals surface area contributed by atoms with Crippen LogP contribution in [0.25, 0.3) is 27.1 Å². The molecular weight excluding hydrogens is 388 g/mol. The zero-order valence-electron chi connectivity index (χ0n) is 18.5. The Morgan fingerprint density at radius 2 is 1.50 bits per heavy atom. The number of hydrogen-bond acceptors (Lipinski definition) is 0. The average Bonchev–Trinajstić information content (AvgIpc) is 3.20. The Labute approximate surface area is 190 Å². The van der Waals surface area contributed by atoms with E-state index in [0.717, 1.165) is 15.9 Å². The molecule has 4 rings (SSSR count). The minimum absolute atomic E-state index is 0. The van der Waals surface area contributed by atoms with Gasteiger partial charge in [-0.3, -0.25) is 0 Å². The van der Waals surface area contributed by atoms with E-state index < -0.39 is 0 Å². The van der Waals surface area contributed by atoms with E-state index in [1.165, 1.54) is 38.3 Å². The third-order valence-corrected chi connectivity index (χ3v) is 4.74. The minimum atomic E-state index is 0. The second kappa shape index (κ2) is 11.0. The van der Waals surface area contributed by atoms with Crippen molar-refractivity contribution in [3.63, 3.8) is 0 Å². The monoisotopic (exact) mass is 421 g/mol. The fourth-order valence-electron chi connectivity index (χ4n) is 3.50. The molecule has 3 aromatic rings. The molecule has 2 heteroatoms. The van der Waals surface area contributed by atoms with Crippen LogP contribution in [-0.4, -0.2) is 9.52 Å². The molecule has 0 spiro atoms. The van der Waals surface area contributed by atoms with E-state index >= 15 is 0 Å². The maximum Gasteiger partial charge on any atom is 3.00 e. The molecule has 145 valence electrons. The number of fused-ring (bicyclic) bond motifs is 3. The number of benzene rings is 2. The van der Waals surface area contributed by atoms with Crippen LogP contribution in [-0.2, 0) is 21.7 Å². The van der Waals surface area contributed by atoms with Gasteiger partial charge in [0, 0.05) is 9.52 Å². The first-order valence-corrected chi connectivity index (χ1v) is 11.0. The van der Waals surface area contributed by atoms with Crippen LogP contribution in [0.15, 0.2) is 66.3 Å². The molecule has 0 nitrogen and oxygen atoms in total. The van der Waals surface area contributed by atoms with E-state index in [2.05, 4.69) is 94.5 Å². The van der Waals surface area contributed by atoms with Gasteiger partial charge in [-0.05, 0) is 17.4 Å². The Balaban J connectivity index is 0.00000115. The van der Waals surface area contributed by atoms with Crippen LogP contribution >= 0.6 is 0 Å². The van der Waals surface area contributed by atoms with E-state index in [4.69, 9.17) is 0 Å². The fourth-order valence-corrected chi connectivity index (χ4v) is 3.50. The molecule has 1 aliphatic rings. The summed E-state index contributed by atoms with van der Waals surface area (Å²) in [5.41, 5.74) is 4.53. The van der Waals surface area contributed by atoms with Crippen LogP contribution in [0.1, 0.15) is 32.8 Å². The molecule has 0 bridgehead atoms. The van der Waals surface area contributed by atoms with Crippen molar-refractivity contribution >= 4 is 36.6 Å². The standard InChI is InChI=1S/C22H21.C2H6Si.2CH3.Ti/c1-22(2,3)17-12-11-16(13-17)19-9-6-10-20-18-8-5-4-7-15(18)14-21(19)20;1-3-2;;;/h4-10,12-14H,11H2,1-3H3;1-2H3;2*1H3;/q-1;;2*-1;+3. The summed E-state index contributed by atoms with van der Waals surface area (Å²) in [5.74, 6) is 0. The largest absolute Gasteiger partial charge is 3.00 e. The molecule has 28 heavy (non-hydrogen) atoms. The summed E-state index contributed by atoms with van der Waals surface area (Å²) in [5, 5.41) is 5.46. The van der Waals surface area contributed by atoms with Gasteiger partial charge in [0.2, 0.25) is 0 Å². The van der Waals surface area contributed by atoms with E-state index in [9.17, 15) is 0 Å². The van der Waals surface area contributed by atoms with E-state index in [1.807, 2.05) is 0 Å². The Morgan fingerprint density at radius 1 is 0.893 bits per heavy atom. The Bertz CT molecular complexity index is 951. The van der Waals surface area contributed by atoms with Crippen LogP contribution < -0.4 is 0 Å². The predicted molar refractivity (Wildman–Crippen MR) is 127 cm³/mol. The quantitative estimate of drug-likeness (QED) is 0.275. The molecule has 0 heterocycles. The van der Waals surface area contributed by atoms with E-state index in [-0.39, 0.29) is 42.0 Å². The summed E-state index contributed by atoms with van der Waals surface area (Å²) >= 11 is 0. The van der Waals surface area contributed by atoms with Crippen LogP contribution in [0.4, 0.5) is 0 Å². The van der Waals surface area contributed by atoms with E-state index in [1.54, 1.807) is 0 Å². The third kappa shape index (κ3) is 5.41. The third-order valence-electron chi connectivity index (χ3n) is 4.74. The van der Waals surface area contributed by atoms with Gasteiger partial charge in [0.05, 0.1) is 0 Å². The Morgan fingerprint density at radius 3 is 2.11 bits per heavy atom. The van der Waals surface area contributed by atoms with Gasteiger partial charge in [0.1, 0.15) is 0 Å². The molecule has 3 radical (unpaired) electrons. The summed E-state index contributed by atoms with van der Waals surface area (Å²) in [6, 6.07) is 17.7. The molecule has 0 atom stereocenters. The van der Waals surface area contributed by atoms with Crippen LogP contribution in [0.2, 0.25) is 13.1 Å². The first-order valence-electron chi connectivity index (χ1n) is 9.03. The van der Waals surface area contributed by atoms with Crippen molar-refractivity contribution in [2.75, 3.05) is 0 Å². The van der Waals surface area contributed by atoms with Crippen molar-refractivity contribution in [1.29, 1.82) is 0 Å². The van der Waals surface area contributed by atoms with Gasteiger partial charge in [0.15, 0.2) is 0 Å². The smallest absolute Gasteiger partial charge is 0.358 e. The van der Waals surface area contributed by atoms with Crippen molar-refractivity contribution in [2.24, 2.45) is 5.41 Å². The first kappa shape index (κ1) is 26.7. The minimum Gasteiger partial charge on any atom is -0.358 e. The molecule has 1 aliphatic carbocycles. The van der Waals surface area contributed by atoms with Gasteiger partial charge < -0.3 is 14.9 Å². The zero-order chi connectivity index (χ0) is 18.0. The normalized spacial score (nSPS) is 12.8. The summed E-state index contributed by atoms with van der Waals surface area (Å²) in [6.07, 6.45) is 5.83. The molecule has 0 saturated heterocycles. The molecule has 0 aromatic heterocycles. The van der Waals surface area contributed by atoms with Gasteiger partial charge in [-0.15, -0.1) is 33.7 Å². The SMILES string of the molecule is CC(C)(C)C1=CCC(c2cccc3c2[cH-]c2ccccc23)=C1.C[Si]C.[CH3-].[CH3-].[Ti+3]. The molecular formula is C26H33SiTi. The van der Waals surface area contributed by atoms with Gasteiger partial charge in [-0.2, -0.15) is 0 Å². The summed E-state index contributed by atoms with van der Waals surface area (Å²) in [4.78, 5) is 0. The number of hydrogen-bond donors (Lipinski definition) is 0. The van der Waals surface area contributed by atoms with Crippen molar-refractivity contribution < 1.29 is 21.7 Å². The molecule has 0 unspecified atom stereocenters. The summed E-state index contributed by atoms with van der Waals surface area (Å²) in [7, 11) is 1.08. The molecule has 0 fully saturated rings. The molecule has 0 aliphatic heterocycles. The van der Waals surface area contributed by atoms with Gasteiger partial charge >= 0.3 is 21.7 Å². The van der Waals surface area contributed by atoms with E-state index in [0.29, 0.717) is 0 Å². The van der Waals surface area contributed by atoms with Crippen molar-refractivity contribution in [3.05, 3.63) is 86.7 Å². The maximum atomic E-state index is 2.40. The van der Waals surface area contributed by atoms with Crippen molar-refractivity contribution in [1.82, 2.24) is 0 Å². The molecule has 0 amide bonds. The van der Waals surface area contributed by atoms with Crippen LogP contribution in [0.5, 0.6) is 0 Å². The topological polar surface area (TPSA) is 0 Å². The molecule has 0 N–H and O–H groups in total. The Hall–Kier alpha value is -1.28. The van der Waals surface area contributed by atoms with Gasteiger partial charge in [0.25, 0.3) is 0 Å². The predicted octanol–water partition coefficient (Wildman–Crippen LogP) is 8.16. The molecule has 3 aromatic carbocycles. The molecule has 0 saturated carbocycles. The van der Waals surface area contributed by atoms with Crippen LogP contribution in [0.3, 0.4) is 0 Å². The fraction of sp³-hybridized carbons (Fsp3) is 0.269. The summed E-state index contributed by atoms with van der Waals surface area (Å²) < 4.78 is 0. The average molecular weight is 422 g/mol. The zero-order valence-corrected chi connectivity index (χ0v) is 21.0. The number of allylic oxidation sites excluding steroid dienone is 4. The van der Waals surface area contributed by atoms with Crippen molar-refractivity contribution in [2.45, 2.75) is 40.3 Å². The first-order chi connectivity index (χ1) is 12.0. The van der Waals surface area contributed by atoms with Crippen LogP contribution in [0, 0.1) is 20.3 Å². The van der Waals surface area contributed by atoms with Gasteiger partial charge in [-0.1, -0.05) is 93.6 Å².